The molecule has 0 nitrogen and oxygen atoms in total. The summed E-state index contributed by atoms with van der Waals surface area (Å²) in [7, 11) is 0. The molecule has 0 N–H and O–H groups in total. The molecule has 0 amide bonds. The molecular formula is C11H11F. The van der Waals surface area contributed by atoms with E-state index in [1.165, 1.54) is 0 Å². The summed E-state index contributed by atoms with van der Waals surface area (Å²) in [5.41, 5.74) is 1.56. The molecule has 0 atom stereocenters. The molecule has 1 rings (SSSR count). The summed E-state index contributed by atoms with van der Waals surface area (Å²) in [5.74, 6) is 5.56. The highest BCUT2D eigenvalue weighted by Gasteiger charge is 2.01. The molecule has 1 heteroatoms. The first-order chi connectivity index (χ1) is 5.74. The molecular weight excluding hydrogens is 151 g/mol. The van der Waals surface area contributed by atoms with Crippen molar-refractivity contribution in [2.45, 2.75) is 20.3 Å². The van der Waals surface area contributed by atoms with Gasteiger partial charge in [0, 0.05) is 5.57 Å². The van der Waals surface area contributed by atoms with Crippen molar-refractivity contribution in [2.24, 2.45) is 0 Å². The SMILES string of the molecule is CC#CC1=CCC=C(F)C(C)=C1. The number of hydrogen-bond acceptors (Lipinski definition) is 0. The van der Waals surface area contributed by atoms with Crippen molar-refractivity contribution in [3.63, 3.8) is 0 Å². The second-order valence-electron chi connectivity index (χ2n) is 2.65. The lowest BCUT2D eigenvalue weighted by Gasteiger charge is -1.92. The van der Waals surface area contributed by atoms with Gasteiger partial charge in [0.05, 0.1) is 0 Å². The first kappa shape index (κ1) is 8.80. The van der Waals surface area contributed by atoms with Crippen LogP contribution in [0, 0.1) is 11.8 Å². The number of hydrogen-bond donors (Lipinski definition) is 0. The van der Waals surface area contributed by atoms with Crippen molar-refractivity contribution in [1.82, 2.24) is 0 Å². The third-order valence-electron chi connectivity index (χ3n) is 1.65. The Labute approximate surface area is 72.5 Å². The van der Waals surface area contributed by atoms with Crippen LogP contribution < -0.4 is 0 Å². The Balaban J connectivity index is 2.95. The summed E-state index contributed by atoms with van der Waals surface area (Å²) in [6.07, 6.45) is 5.89. The molecule has 0 radical (unpaired) electrons. The predicted octanol–water partition coefficient (Wildman–Crippen LogP) is 3.14. The van der Waals surface area contributed by atoms with E-state index in [2.05, 4.69) is 11.8 Å². The highest BCUT2D eigenvalue weighted by atomic mass is 19.1. The van der Waals surface area contributed by atoms with Crippen molar-refractivity contribution in [3.05, 3.63) is 35.2 Å². The summed E-state index contributed by atoms with van der Waals surface area (Å²) in [5, 5.41) is 0. The third-order valence-corrected chi connectivity index (χ3v) is 1.65. The Morgan fingerprint density at radius 2 is 2.17 bits per heavy atom. The molecule has 1 aliphatic rings. The van der Waals surface area contributed by atoms with Crippen LogP contribution in [0.2, 0.25) is 0 Å². The quantitative estimate of drug-likeness (QED) is 0.480. The fourth-order valence-corrected chi connectivity index (χ4v) is 1.04. The molecule has 0 fully saturated rings. The first-order valence-corrected chi connectivity index (χ1v) is 3.91. The lowest BCUT2D eigenvalue weighted by Crippen LogP contribution is -1.76. The van der Waals surface area contributed by atoms with Crippen LogP contribution in [0.15, 0.2) is 35.2 Å². The van der Waals surface area contributed by atoms with E-state index in [1.807, 2.05) is 6.08 Å². The molecule has 62 valence electrons. The van der Waals surface area contributed by atoms with Gasteiger partial charge >= 0.3 is 0 Å². The lowest BCUT2D eigenvalue weighted by molar-refractivity contribution is 0.648. The summed E-state index contributed by atoms with van der Waals surface area (Å²) in [4.78, 5) is 0. The Morgan fingerprint density at radius 1 is 1.42 bits per heavy atom. The van der Waals surface area contributed by atoms with E-state index in [1.54, 1.807) is 26.0 Å². The van der Waals surface area contributed by atoms with Gasteiger partial charge in [-0.15, -0.1) is 5.92 Å². The zero-order chi connectivity index (χ0) is 8.97. The fourth-order valence-electron chi connectivity index (χ4n) is 1.04. The highest BCUT2D eigenvalue weighted by Crippen LogP contribution is 2.18. The van der Waals surface area contributed by atoms with Crippen LogP contribution in [-0.2, 0) is 0 Å². The maximum Gasteiger partial charge on any atom is 0.122 e. The second-order valence-corrected chi connectivity index (χ2v) is 2.65. The molecule has 0 aromatic heterocycles. The topological polar surface area (TPSA) is 0 Å². The monoisotopic (exact) mass is 162 g/mol. The standard InChI is InChI=1S/C11H11F/c1-3-5-10-6-4-7-11(12)9(2)8-10/h6-8H,4H2,1-2H3. The normalized spacial score (nSPS) is 16.4. The Hall–Kier alpha value is -1.29. The molecule has 0 unspecified atom stereocenters. The van der Waals surface area contributed by atoms with Gasteiger partial charge in [0.25, 0.3) is 0 Å². The zero-order valence-electron chi connectivity index (χ0n) is 7.32. The van der Waals surface area contributed by atoms with Crippen molar-refractivity contribution >= 4 is 0 Å². The van der Waals surface area contributed by atoms with Gasteiger partial charge in [-0.05, 0) is 38.0 Å². The van der Waals surface area contributed by atoms with Gasteiger partial charge in [-0.3, -0.25) is 0 Å². The van der Waals surface area contributed by atoms with Crippen molar-refractivity contribution in [2.75, 3.05) is 0 Å². The molecule has 0 spiro atoms. The van der Waals surface area contributed by atoms with Crippen LogP contribution in [0.3, 0.4) is 0 Å². The highest BCUT2D eigenvalue weighted by molar-refractivity contribution is 5.45. The molecule has 0 aromatic rings. The van der Waals surface area contributed by atoms with Gasteiger partial charge in [-0.2, -0.15) is 0 Å². The van der Waals surface area contributed by atoms with Crippen LogP contribution in [0.4, 0.5) is 4.39 Å². The third kappa shape index (κ3) is 2.10. The predicted molar refractivity (Wildman–Crippen MR) is 49.1 cm³/mol. The summed E-state index contributed by atoms with van der Waals surface area (Å²) >= 11 is 0. The lowest BCUT2D eigenvalue weighted by atomic mass is 10.2. The molecule has 0 saturated heterocycles. The smallest absolute Gasteiger partial charge is 0.122 e. The minimum absolute atomic E-state index is 0.140. The van der Waals surface area contributed by atoms with E-state index >= 15 is 0 Å². The molecule has 1 aliphatic carbocycles. The van der Waals surface area contributed by atoms with E-state index in [0.29, 0.717) is 12.0 Å². The van der Waals surface area contributed by atoms with E-state index < -0.39 is 0 Å². The minimum atomic E-state index is -0.140. The van der Waals surface area contributed by atoms with E-state index in [0.717, 1.165) is 5.57 Å². The van der Waals surface area contributed by atoms with Crippen LogP contribution in [-0.4, -0.2) is 0 Å². The maximum absolute atomic E-state index is 13.0. The second kappa shape index (κ2) is 3.92. The number of allylic oxidation sites excluding steroid dienone is 6. The van der Waals surface area contributed by atoms with Crippen LogP contribution >= 0.6 is 0 Å². The Morgan fingerprint density at radius 3 is 2.83 bits per heavy atom. The molecule has 0 aliphatic heterocycles. The zero-order valence-corrected chi connectivity index (χ0v) is 7.32. The van der Waals surface area contributed by atoms with Crippen molar-refractivity contribution < 1.29 is 4.39 Å². The molecule has 0 saturated carbocycles. The number of halogens is 1. The van der Waals surface area contributed by atoms with Gasteiger partial charge in [-0.25, -0.2) is 4.39 Å². The Kier molecular flexibility index (Phi) is 2.88. The fraction of sp³-hybridized carbons (Fsp3) is 0.273. The summed E-state index contributed by atoms with van der Waals surface area (Å²) in [6.45, 7) is 3.53. The maximum atomic E-state index is 13.0. The molecule has 12 heavy (non-hydrogen) atoms. The van der Waals surface area contributed by atoms with Gasteiger partial charge < -0.3 is 0 Å². The summed E-state index contributed by atoms with van der Waals surface area (Å²) in [6, 6.07) is 0. The Bertz CT molecular complexity index is 319. The molecule has 0 aromatic carbocycles. The minimum Gasteiger partial charge on any atom is -0.207 e. The average Bonchev–Trinajstić information content (AvgIpc) is 2.16. The number of rotatable bonds is 0. The molecule has 0 heterocycles. The summed E-state index contributed by atoms with van der Waals surface area (Å²) < 4.78 is 13.0. The van der Waals surface area contributed by atoms with Crippen molar-refractivity contribution in [3.8, 4) is 11.8 Å². The average molecular weight is 162 g/mol. The van der Waals surface area contributed by atoms with Crippen LogP contribution in [0.25, 0.3) is 0 Å². The van der Waals surface area contributed by atoms with Gasteiger partial charge in [0.2, 0.25) is 0 Å². The van der Waals surface area contributed by atoms with Crippen LogP contribution in [0.5, 0.6) is 0 Å². The van der Waals surface area contributed by atoms with E-state index in [4.69, 9.17) is 0 Å². The van der Waals surface area contributed by atoms with Crippen LogP contribution in [0.1, 0.15) is 20.3 Å². The van der Waals surface area contributed by atoms with E-state index in [-0.39, 0.29) is 5.83 Å². The molecule has 0 bridgehead atoms. The van der Waals surface area contributed by atoms with Gasteiger partial charge in [-0.1, -0.05) is 12.0 Å². The van der Waals surface area contributed by atoms with Gasteiger partial charge in [0.1, 0.15) is 5.83 Å². The van der Waals surface area contributed by atoms with Crippen molar-refractivity contribution in [1.29, 1.82) is 0 Å². The largest absolute Gasteiger partial charge is 0.207 e. The first-order valence-electron chi connectivity index (χ1n) is 3.91. The van der Waals surface area contributed by atoms with Gasteiger partial charge in [0.15, 0.2) is 0 Å². The van der Waals surface area contributed by atoms with E-state index in [9.17, 15) is 4.39 Å².